The van der Waals surface area contributed by atoms with Crippen LogP contribution >= 0.6 is 0 Å². The van der Waals surface area contributed by atoms with E-state index in [2.05, 4.69) is 15.0 Å². The molecule has 20 heavy (non-hydrogen) atoms. The highest BCUT2D eigenvalue weighted by Gasteiger charge is 2.32. The van der Waals surface area contributed by atoms with Gasteiger partial charge in [0.25, 0.3) is 5.91 Å². The topological polar surface area (TPSA) is 88.5 Å². The minimum absolute atomic E-state index is 0.180. The van der Waals surface area contributed by atoms with Crippen molar-refractivity contribution in [1.29, 1.82) is 0 Å². The van der Waals surface area contributed by atoms with Gasteiger partial charge < -0.3 is 15.2 Å². The predicted molar refractivity (Wildman–Crippen MR) is 59.6 cm³/mol. The molecule has 1 rings (SSSR count). The molecule has 9 heteroatoms. The highest BCUT2D eigenvalue weighted by atomic mass is 19.4. The van der Waals surface area contributed by atoms with Crippen LogP contribution in [0.2, 0.25) is 0 Å². The van der Waals surface area contributed by atoms with Crippen LogP contribution in [-0.2, 0) is 15.7 Å². The van der Waals surface area contributed by atoms with E-state index in [0.717, 1.165) is 19.4 Å². The summed E-state index contributed by atoms with van der Waals surface area (Å²) in [4.78, 5) is 25.9. The zero-order chi connectivity index (χ0) is 15.3. The summed E-state index contributed by atoms with van der Waals surface area (Å²) >= 11 is 0. The average molecular weight is 292 g/mol. The Morgan fingerprint density at radius 2 is 2.10 bits per heavy atom. The van der Waals surface area contributed by atoms with E-state index in [0.29, 0.717) is 6.07 Å². The number of nitrogens with zero attached hydrogens (tertiary/aromatic N) is 1. The van der Waals surface area contributed by atoms with E-state index >= 15 is 0 Å². The number of hydrogen-bond acceptors (Lipinski definition) is 5. The number of carbonyl (C=O) groups excluding carboxylic acids is 2. The van der Waals surface area contributed by atoms with E-state index in [1.54, 1.807) is 0 Å². The first-order valence-electron chi connectivity index (χ1n) is 5.32. The largest absolute Gasteiger partial charge is 0.467 e. The van der Waals surface area contributed by atoms with Crippen molar-refractivity contribution in [2.75, 3.05) is 13.7 Å². The van der Waals surface area contributed by atoms with Crippen LogP contribution in [0.3, 0.4) is 0 Å². The second-order valence-electron chi connectivity index (χ2n) is 3.66. The standard InChI is InChI=1S/C11H11F3N2O4/c1-20-10(19)7(5-17)16-9(18)6-2-3-8(15-4-6)11(12,13)14/h2-4,7,17H,5H2,1H3,(H,16,18). The summed E-state index contributed by atoms with van der Waals surface area (Å²) in [7, 11) is 1.07. The van der Waals surface area contributed by atoms with Crippen LogP contribution in [0, 0.1) is 0 Å². The van der Waals surface area contributed by atoms with E-state index in [9.17, 15) is 22.8 Å². The molecule has 0 saturated carbocycles. The molecule has 1 heterocycles. The van der Waals surface area contributed by atoms with E-state index < -0.39 is 36.4 Å². The van der Waals surface area contributed by atoms with Gasteiger partial charge in [-0.3, -0.25) is 9.78 Å². The van der Waals surface area contributed by atoms with Gasteiger partial charge in [0, 0.05) is 6.20 Å². The number of alkyl halides is 3. The van der Waals surface area contributed by atoms with Crippen molar-refractivity contribution in [2.24, 2.45) is 0 Å². The number of pyridine rings is 1. The van der Waals surface area contributed by atoms with Crippen LogP contribution < -0.4 is 5.32 Å². The van der Waals surface area contributed by atoms with Crippen LogP contribution in [0.5, 0.6) is 0 Å². The molecule has 0 fully saturated rings. The number of ether oxygens (including phenoxy) is 1. The number of amides is 1. The van der Waals surface area contributed by atoms with Gasteiger partial charge in [-0.25, -0.2) is 4.79 Å². The fraction of sp³-hybridized carbons (Fsp3) is 0.364. The predicted octanol–water partition coefficient (Wildman–Crippen LogP) is 0.364. The van der Waals surface area contributed by atoms with E-state index in [1.165, 1.54) is 0 Å². The Hall–Kier alpha value is -2.16. The van der Waals surface area contributed by atoms with E-state index in [1.807, 2.05) is 0 Å². The molecular formula is C11H11F3N2O4. The summed E-state index contributed by atoms with van der Waals surface area (Å²) in [5.41, 5.74) is -1.32. The first-order chi connectivity index (χ1) is 9.29. The fourth-order valence-corrected chi connectivity index (χ4v) is 1.26. The number of nitrogens with one attached hydrogen (secondary N) is 1. The number of carbonyl (C=O) groups is 2. The summed E-state index contributed by atoms with van der Waals surface area (Å²) in [6, 6.07) is 0.257. The number of aliphatic hydroxyl groups excluding tert-OH is 1. The second kappa shape index (κ2) is 6.33. The lowest BCUT2D eigenvalue weighted by Crippen LogP contribution is -2.44. The third-order valence-corrected chi connectivity index (χ3v) is 2.29. The smallest absolute Gasteiger partial charge is 0.433 e. The highest BCUT2D eigenvalue weighted by Crippen LogP contribution is 2.27. The molecule has 2 N–H and O–H groups in total. The minimum atomic E-state index is -4.60. The third kappa shape index (κ3) is 3.92. The normalized spacial score (nSPS) is 12.7. The maximum absolute atomic E-state index is 12.3. The highest BCUT2D eigenvalue weighted by molar-refractivity contribution is 5.96. The molecule has 0 aliphatic rings. The summed E-state index contributed by atoms with van der Waals surface area (Å²) in [5.74, 6) is -1.73. The molecule has 1 atom stereocenters. The molecule has 1 amide bonds. The van der Waals surface area contributed by atoms with Crippen LogP contribution in [0.1, 0.15) is 16.1 Å². The Kier molecular flexibility index (Phi) is 5.03. The van der Waals surface area contributed by atoms with Crippen molar-refractivity contribution in [3.05, 3.63) is 29.6 Å². The van der Waals surface area contributed by atoms with Gasteiger partial charge in [-0.05, 0) is 12.1 Å². The van der Waals surface area contributed by atoms with Crippen LogP contribution in [-0.4, -0.2) is 41.7 Å². The lowest BCUT2D eigenvalue weighted by atomic mass is 10.2. The van der Waals surface area contributed by atoms with Gasteiger partial charge in [-0.15, -0.1) is 0 Å². The summed E-state index contributed by atoms with van der Waals surface area (Å²) in [5, 5.41) is 11.0. The Labute approximate surface area is 111 Å². The van der Waals surface area contributed by atoms with Gasteiger partial charge >= 0.3 is 12.1 Å². The number of aromatic nitrogens is 1. The third-order valence-electron chi connectivity index (χ3n) is 2.29. The van der Waals surface area contributed by atoms with Crippen molar-refractivity contribution in [2.45, 2.75) is 12.2 Å². The van der Waals surface area contributed by atoms with Gasteiger partial charge in [0.05, 0.1) is 19.3 Å². The SMILES string of the molecule is COC(=O)C(CO)NC(=O)c1ccc(C(F)(F)F)nc1. The molecular weight excluding hydrogens is 281 g/mol. The molecule has 0 aromatic carbocycles. The molecule has 110 valence electrons. The van der Waals surface area contributed by atoms with E-state index in [-0.39, 0.29) is 5.56 Å². The summed E-state index contributed by atoms with van der Waals surface area (Å²) in [6.45, 7) is -0.702. The lowest BCUT2D eigenvalue weighted by molar-refractivity contribution is -0.144. The number of esters is 1. The quantitative estimate of drug-likeness (QED) is 0.782. The van der Waals surface area contributed by atoms with Gasteiger partial charge in [-0.1, -0.05) is 0 Å². The van der Waals surface area contributed by atoms with Gasteiger partial charge in [0.15, 0.2) is 6.04 Å². The number of hydrogen-bond donors (Lipinski definition) is 2. The fourth-order valence-electron chi connectivity index (χ4n) is 1.26. The number of methoxy groups -OCH3 is 1. The Morgan fingerprint density at radius 1 is 1.45 bits per heavy atom. The molecule has 6 nitrogen and oxygen atoms in total. The molecule has 0 bridgehead atoms. The maximum atomic E-state index is 12.3. The van der Waals surface area contributed by atoms with Crippen molar-refractivity contribution >= 4 is 11.9 Å². The van der Waals surface area contributed by atoms with Crippen molar-refractivity contribution in [1.82, 2.24) is 10.3 Å². The monoisotopic (exact) mass is 292 g/mol. The van der Waals surface area contributed by atoms with Crippen molar-refractivity contribution < 1.29 is 32.6 Å². The summed E-state index contributed by atoms with van der Waals surface area (Å²) < 4.78 is 41.2. The Morgan fingerprint density at radius 3 is 2.50 bits per heavy atom. The van der Waals surface area contributed by atoms with Crippen molar-refractivity contribution in [3.8, 4) is 0 Å². The van der Waals surface area contributed by atoms with Gasteiger partial charge in [-0.2, -0.15) is 13.2 Å². The Balaban J connectivity index is 2.80. The van der Waals surface area contributed by atoms with Crippen LogP contribution in [0.4, 0.5) is 13.2 Å². The molecule has 1 unspecified atom stereocenters. The minimum Gasteiger partial charge on any atom is -0.467 e. The van der Waals surface area contributed by atoms with Gasteiger partial charge in [0.2, 0.25) is 0 Å². The van der Waals surface area contributed by atoms with Gasteiger partial charge in [0.1, 0.15) is 5.69 Å². The first kappa shape index (κ1) is 15.9. The summed E-state index contributed by atoms with van der Waals surface area (Å²) in [6.07, 6.45) is -3.88. The molecule has 0 aliphatic carbocycles. The zero-order valence-corrected chi connectivity index (χ0v) is 10.3. The molecule has 0 spiro atoms. The van der Waals surface area contributed by atoms with Crippen LogP contribution in [0.15, 0.2) is 18.3 Å². The number of aliphatic hydroxyl groups is 1. The van der Waals surface area contributed by atoms with E-state index in [4.69, 9.17) is 5.11 Å². The molecule has 0 saturated heterocycles. The molecule has 1 aromatic heterocycles. The molecule has 0 radical (unpaired) electrons. The molecule has 1 aromatic rings. The first-order valence-corrected chi connectivity index (χ1v) is 5.32. The van der Waals surface area contributed by atoms with Crippen molar-refractivity contribution in [3.63, 3.8) is 0 Å². The van der Waals surface area contributed by atoms with Crippen LogP contribution in [0.25, 0.3) is 0 Å². The molecule has 0 aliphatic heterocycles. The maximum Gasteiger partial charge on any atom is 0.433 e. The average Bonchev–Trinajstić information content (AvgIpc) is 2.42. The second-order valence-corrected chi connectivity index (χ2v) is 3.66. The number of halogens is 3. The Bertz CT molecular complexity index is 487. The zero-order valence-electron chi connectivity index (χ0n) is 10.3. The number of rotatable bonds is 4. The lowest BCUT2D eigenvalue weighted by Gasteiger charge is -2.13.